The van der Waals surface area contributed by atoms with E-state index in [0.29, 0.717) is 17.3 Å². The van der Waals surface area contributed by atoms with Crippen molar-refractivity contribution >= 4 is 23.6 Å². The van der Waals surface area contributed by atoms with Crippen LogP contribution in [0.15, 0.2) is 53.0 Å². The van der Waals surface area contributed by atoms with Crippen molar-refractivity contribution in [3.63, 3.8) is 0 Å². The second kappa shape index (κ2) is 9.11. The van der Waals surface area contributed by atoms with Crippen LogP contribution in [0.25, 0.3) is 6.08 Å². The number of ether oxygens (including phenoxy) is 1. The van der Waals surface area contributed by atoms with Crippen molar-refractivity contribution in [1.29, 1.82) is 0 Å². The number of nitrogens with one attached hydrogen (secondary N) is 3. The van der Waals surface area contributed by atoms with Crippen molar-refractivity contribution in [2.24, 2.45) is 11.8 Å². The number of hydrazine groups is 2. The molecule has 164 valence electrons. The number of aromatic nitrogens is 1. The molecule has 4 rings (SSSR count). The molecule has 1 aromatic rings. The average molecular weight is 446 g/mol. The normalized spacial score (nSPS) is 24.6. The molecule has 3 aliphatic rings. The van der Waals surface area contributed by atoms with Crippen LogP contribution in [0.1, 0.15) is 17.0 Å². The van der Waals surface area contributed by atoms with Gasteiger partial charge < -0.3 is 10.1 Å². The summed E-state index contributed by atoms with van der Waals surface area (Å²) in [7, 11) is 1.41. The summed E-state index contributed by atoms with van der Waals surface area (Å²) in [6.45, 7) is 2.72. The first-order chi connectivity index (χ1) is 14.9. The Morgan fingerprint density at radius 3 is 3.06 bits per heavy atom. The Morgan fingerprint density at radius 2 is 2.26 bits per heavy atom. The zero-order valence-corrected chi connectivity index (χ0v) is 18.1. The molecule has 0 aromatic carbocycles. The van der Waals surface area contributed by atoms with Crippen LogP contribution in [0.4, 0.5) is 4.39 Å². The van der Waals surface area contributed by atoms with Gasteiger partial charge in [-0.05, 0) is 43.2 Å². The zero-order valence-electron chi connectivity index (χ0n) is 17.4. The lowest BCUT2D eigenvalue weighted by Crippen LogP contribution is -2.42. The van der Waals surface area contributed by atoms with Crippen molar-refractivity contribution in [3.05, 3.63) is 70.0 Å². The number of fused-ring (bicyclic) bond motifs is 1. The first-order valence-corrected chi connectivity index (χ1v) is 10.5. The number of hydrogen-bond donors (Lipinski definition) is 3. The van der Waals surface area contributed by atoms with E-state index in [9.17, 15) is 9.18 Å². The molecule has 0 saturated carbocycles. The van der Waals surface area contributed by atoms with Crippen LogP contribution in [0.3, 0.4) is 0 Å². The van der Waals surface area contributed by atoms with Gasteiger partial charge in [0, 0.05) is 35.9 Å². The smallest absolute Gasteiger partial charge is 0.270 e. The topological polar surface area (TPSA) is 78.5 Å². The summed E-state index contributed by atoms with van der Waals surface area (Å²) in [5.41, 5.74) is 9.44. The Hall–Kier alpha value is -2.84. The Balaban J connectivity index is 1.31. The number of nitrogens with zero attached hydrogens (tertiary/aromatic N) is 2. The Bertz CT molecular complexity index is 990. The molecule has 9 heteroatoms. The molecule has 0 spiro atoms. The highest BCUT2D eigenvalue weighted by molar-refractivity contribution is 6.30. The molecule has 0 radical (unpaired) electrons. The third kappa shape index (κ3) is 4.75. The number of halogens is 2. The molecule has 0 saturated heterocycles. The minimum atomic E-state index is -1.40. The minimum absolute atomic E-state index is 0.0591. The lowest BCUT2D eigenvalue weighted by molar-refractivity contribution is -0.118. The number of amides is 1. The van der Waals surface area contributed by atoms with Crippen LogP contribution in [-0.2, 0) is 16.0 Å². The summed E-state index contributed by atoms with van der Waals surface area (Å²) in [4.78, 5) is 17.1. The summed E-state index contributed by atoms with van der Waals surface area (Å²) in [5.74, 6) is -0.546. The molecule has 3 atom stereocenters. The van der Waals surface area contributed by atoms with Gasteiger partial charge in [-0.15, -0.1) is 5.53 Å². The SMILES string of the molecule is COC1=CC=C(Cl)C(CNC(=O)C2=CN(CC3C=Cc4nc(C)ccc4C3)NN2)C1F. The number of carbonyl (C=O) groups is 1. The first kappa shape index (κ1) is 21.4. The summed E-state index contributed by atoms with van der Waals surface area (Å²) < 4.78 is 19.5. The molecule has 1 amide bonds. The summed E-state index contributed by atoms with van der Waals surface area (Å²) >= 11 is 6.13. The van der Waals surface area contributed by atoms with Crippen LogP contribution >= 0.6 is 11.6 Å². The fourth-order valence-electron chi connectivity index (χ4n) is 3.84. The quantitative estimate of drug-likeness (QED) is 0.624. The van der Waals surface area contributed by atoms with E-state index >= 15 is 0 Å². The first-order valence-electron chi connectivity index (χ1n) is 10.1. The average Bonchev–Trinajstić information content (AvgIpc) is 3.22. The van der Waals surface area contributed by atoms with Crippen molar-refractivity contribution in [2.45, 2.75) is 19.5 Å². The highest BCUT2D eigenvalue weighted by atomic mass is 35.5. The maximum atomic E-state index is 14.5. The Kier molecular flexibility index (Phi) is 6.29. The number of pyridine rings is 1. The van der Waals surface area contributed by atoms with Crippen molar-refractivity contribution in [3.8, 4) is 0 Å². The predicted octanol–water partition coefficient (Wildman–Crippen LogP) is 2.48. The largest absolute Gasteiger partial charge is 0.498 e. The van der Waals surface area contributed by atoms with Crippen LogP contribution in [0.5, 0.6) is 0 Å². The van der Waals surface area contributed by atoms with Gasteiger partial charge >= 0.3 is 0 Å². The number of alkyl halides is 1. The maximum absolute atomic E-state index is 14.5. The number of rotatable bonds is 6. The van der Waals surface area contributed by atoms with E-state index in [4.69, 9.17) is 16.3 Å². The van der Waals surface area contributed by atoms with E-state index in [1.807, 2.05) is 18.0 Å². The van der Waals surface area contributed by atoms with Gasteiger partial charge in [-0.2, -0.15) is 0 Å². The molecule has 7 nitrogen and oxygen atoms in total. The number of carbonyl (C=O) groups excluding carboxylic acids is 1. The number of methoxy groups -OCH3 is 1. The van der Waals surface area contributed by atoms with Gasteiger partial charge in [-0.1, -0.05) is 23.7 Å². The van der Waals surface area contributed by atoms with E-state index < -0.39 is 12.1 Å². The molecule has 3 unspecified atom stereocenters. The molecular formula is C22H25ClFN5O2. The van der Waals surface area contributed by atoms with Crippen molar-refractivity contribution < 1.29 is 13.9 Å². The lowest BCUT2D eigenvalue weighted by atomic mass is 9.92. The molecular weight excluding hydrogens is 421 g/mol. The highest BCUT2D eigenvalue weighted by Gasteiger charge is 2.32. The van der Waals surface area contributed by atoms with Crippen LogP contribution in [0.2, 0.25) is 0 Å². The number of aryl methyl sites for hydroxylation is 1. The standard InChI is InChI=1S/C22H25ClFN5O2/c1-13-3-5-15-9-14(4-7-18(15)26-13)11-29-12-19(27-28-29)22(30)25-10-16-17(23)6-8-20(31-2)21(16)24/h3-8,12,14,16,21,27-28H,9-11H2,1-2H3,(H,25,30). The highest BCUT2D eigenvalue weighted by Crippen LogP contribution is 2.30. The third-order valence-corrected chi connectivity index (χ3v) is 5.97. The monoisotopic (exact) mass is 445 g/mol. The fraction of sp³-hybridized carbons (Fsp3) is 0.364. The Labute approximate surface area is 185 Å². The van der Waals surface area contributed by atoms with Crippen LogP contribution in [0, 0.1) is 18.8 Å². The van der Waals surface area contributed by atoms with Crippen LogP contribution < -0.4 is 16.3 Å². The molecule has 3 N–H and O–H groups in total. The third-order valence-electron chi connectivity index (χ3n) is 5.56. The Morgan fingerprint density at radius 1 is 1.42 bits per heavy atom. The van der Waals surface area contributed by atoms with Crippen LogP contribution in [-0.4, -0.2) is 42.3 Å². The minimum Gasteiger partial charge on any atom is -0.498 e. The van der Waals surface area contributed by atoms with Crippen molar-refractivity contribution in [2.75, 3.05) is 20.2 Å². The van der Waals surface area contributed by atoms with Gasteiger partial charge in [-0.25, -0.2) is 4.39 Å². The van der Waals surface area contributed by atoms with Gasteiger partial charge in [0.25, 0.3) is 5.91 Å². The van der Waals surface area contributed by atoms with Gasteiger partial charge in [0.2, 0.25) is 0 Å². The summed E-state index contributed by atoms with van der Waals surface area (Å²) in [6, 6.07) is 4.14. The van der Waals surface area contributed by atoms with E-state index in [1.54, 1.807) is 12.3 Å². The summed E-state index contributed by atoms with van der Waals surface area (Å²) in [5, 5.41) is 4.91. The molecule has 31 heavy (non-hydrogen) atoms. The summed E-state index contributed by atoms with van der Waals surface area (Å²) in [6.07, 6.45) is 8.48. The zero-order chi connectivity index (χ0) is 22.0. The fourth-order valence-corrected chi connectivity index (χ4v) is 4.09. The van der Waals surface area contributed by atoms with Gasteiger partial charge in [0.05, 0.1) is 18.7 Å². The van der Waals surface area contributed by atoms with E-state index in [1.165, 1.54) is 18.7 Å². The van der Waals surface area contributed by atoms with E-state index in [-0.39, 0.29) is 24.1 Å². The maximum Gasteiger partial charge on any atom is 0.270 e. The molecule has 2 aliphatic carbocycles. The molecule has 1 aliphatic heterocycles. The van der Waals surface area contributed by atoms with E-state index in [2.05, 4.69) is 39.5 Å². The van der Waals surface area contributed by atoms with Gasteiger partial charge in [-0.3, -0.25) is 20.2 Å². The number of hydrogen-bond acceptors (Lipinski definition) is 6. The van der Waals surface area contributed by atoms with E-state index in [0.717, 1.165) is 17.8 Å². The second-order valence-corrected chi connectivity index (χ2v) is 8.23. The van der Waals surface area contributed by atoms with Gasteiger partial charge in [0.1, 0.15) is 11.5 Å². The second-order valence-electron chi connectivity index (χ2n) is 7.80. The molecule has 1 aromatic heterocycles. The molecule has 0 bridgehead atoms. The molecule has 0 fully saturated rings. The molecule has 2 heterocycles. The number of allylic oxidation sites excluding steroid dienone is 3. The van der Waals surface area contributed by atoms with Crippen molar-refractivity contribution in [1.82, 2.24) is 26.3 Å². The predicted molar refractivity (Wildman–Crippen MR) is 117 cm³/mol. The lowest BCUT2D eigenvalue weighted by Gasteiger charge is -2.25. The van der Waals surface area contributed by atoms with Gasteiger partial charge in [0.15, 0.2) is 6.17 Å².